The summed E-state index contributed by atoms with van der Waals surface area (Å²) in [5, 5.41) is 10.8. The molecule has 2 atom stereocenters. The van der Waals surface area contributed by atoms with Crippen molar-refractivity contribution >= 4 is 22.9 Å². The molecule has 0 amide bonds. The van der Waals surface area contributed by atoms with Gasteiger partial charge in [-0.05, 0) is 42.5 Å². The van der Waals surface area contributed by atoms with Crippen molar-refractivity contribution in [3.8, 4) is 0 Å². The maximum absolute atomic E-state index is 10.8. The van der Waals surface area contributed by atoms with Crippen LogP contribution in [0.2, 0.25) is 4.34 Å². The molecule has 1 aromatic heterocycles. The molecule has 4 heteroatoms. The summed E-state index contributed by atoms with van der Waals surface area (Å²) in [4.78, 5) is 0.917. The largest absolute Gasteiger partial charge is 0.387 e. The first-order valence-corrected chi connectivity index (χ1v) is 8.04. The molecule has 0 aliphatic heterocycles. The van der Waals surface area contributed by atoms with E-state index in [2.05, 4.69) is 24.3 Å². The lowest BCUT2D eigenvalue weighted by atomic mass is 9.68. The quantitative estimate of drug-likeness (QED) is 0.910. The van der Waals surface area contributed by atoms with E-state index < -0.39 is 6.10 Å². The summed E-state index contributed by atoms with van der Waals surface area (Å²) in [6, 6.07) is 12.2. The predicted octanol–water partition coefficient (Wildman–Crippen LogP) is 3.57. The maximum atomic E-state index is 10.8. The number of hydrogen-bond acceptors (Lipinski definition) is 3. The van der Waals surface area contributed by atoms with Gasteiger partial charge in [0, 0.05) is 16.8 Å². The molecule has 3 N–H and O–H groups in total. The van der Waals surface area contributed by atoms with Gasteiger partial charge in [0.1, 0.15) is 0 Å². The predicted molar refractivity (Wildman–Crippen MR) is 84.2 cm³/mol. The van der Waals surface area contributed by atoms with E-state index in [9.17, 15) is 5.11 Å². The molecule has 0 bridgehead atoms. The number of aliphatic hydroxyl groups is 1. The van der Waals surface area contributed by atoms with Crippen molar-refractivity contribution in [3.05, 3.63) is 56.7 Å². The van der Waals surface area contributed by atoms with Gasteiger partial charge < -0.3 is 10.8 Å². The first kappa shape index (κ1) is 14.1. The van der Waals surface area contributed by atoms with E-state index in [0.29, 0.717) is 10.9 Å². The van der Waals surface area contributed by atoms with Crippen LogP contribution in [-0.2, 0) is 12.8 Å². The average Bonchev–Trinajstić information content (AvgIpc) is 2.92. The standard InChI is InChI=1S/C16H18ClNOS/c17-14-6-5-13(20-14)15(19)16(10-18)8-7-11-3-1-2-4-12(11)9-16/h1-6,15,19H,7-10,18H2. The number of rotatable bonds is 3. The van der Waals surface area contributed by atoms with Crippen LogP contribution in [0.15, 0.2) is 36.4 Å². The summed E-state index contributed by atoms with van der Waals surface area (Å²) in [5.74, 6) is 0. The molecular formula is C16H18ClNOS. The summed E-state index contributed by atoms with van der Waals surface area (Å²) >= 11 is 7.43. The fourth-order valence-corrected chi connectivity index (χ4v) is 4.31. The number of halogens is 1. The Morgan fingerprint density at radius 1 is 1.25 bits per heavy atom. The van der Waals surface area contributed by atoms with Gasteiger partial charge in [-0.15, -0.1) is 11.3 Å². The van der Waals surface area contributed by atoms with Gasteiger partial charge in [-0.1, -0.05) is 35.9 Å². The van der Waals surface area contributed by atoms with Crippen molar-refractivity contribution in [2.75, 3.05) is 6.54 Å². The molecule has 3 rings (SSSR count). The van der Waals surface area contributed by atoms with Crippen molar-refractivity contribution in [1.82, 2.24) is 0 Å². The molecule has 1 aliphatic carbocycles. The van der Waals surface area contributed by atoms with E-state index in [0.717, 1.165) is 24.1 Å². The second-order valence-electron chi connectivity index (χ2n) is 5.56. The van der Waals surface area contributed by atoms with Crippen LogP contribution in [0.25, 0.3) is 0 Å². The van der Waals surface area contributed by atoms with Gasteiger partial charge in [-0.2, -0.15) is 0 Å². The summed E-state index contributed by atoms with van der Waals surface area (Å²) in [7, 11) is 0. The first-order chi connectivity index (χ1) is 9.64. The molecule has 0 saturated carbocycles. The fourth-order valence-electron chi connectivity index (χ4n) is 3.12. The minimum Gasteiger partial charge on any atom is -0.387 e. The molecule has 1 aliphatic rings. The van der Waals surface area contributed by atoms with Crippen LogP contribution in [-0.4, -0.2) is 11.7 Å². The Labute approximate surface area is 128 Å². The van der Waals surface area contributed by atoms with Gasteiger partial charge in [0.05, 0.1) is 10.4 Å². The number of thiophene rings is 1. The number of fused-ring (bicyclic) bond motifs is 1. The summed E-state index contributed by atoms with van der Waals surface area (Å²) < 4.78 is 0.711. The SMILES string of the molecule is NCC1(C(O)c2ccc(Cl)s2)CCc2ccccc2C1. The number of aliphatic hydroxyl groups excluding tert-OH is 1. The monoisotopic (exact) mass is 307 g/mol. The molecular weight excluding hydrogens is 290 g/mol. The lowest BCUT2D eigenvalue weighted by Gasteiger charge is -2.40. The Hall–Kier alpha value is -0.870. The maximum Gasteiger partial charge on any atom is 0.0953 e. The van der Waals surface area contributed by atoms with Crippen molar-refractivity contribution in [1.29, 1.82) is 0 Å². The first-order valence-electron chi connectivity index (χ1n) is 6.85. The Morgan fingerprint density at radius 2 is 2.00 bits per heavy atom. The van der Waals surface area contributed by atoms with Gasteiger partial charge in [-0.25, -0.2) is 0 Å². The van der Waals surface area contributed by atoms with Crippen molar-refractivity contribution in [2.45, 2.75) is 25.4 Å². The average molecular weight is 308 g/mol. The molecule has 106 valence electrons. The van der Waals surface area contributed by atoms with Crippen molar-refractivity contribution < 1.29 is 5.11 Å². The van der Waals surface area contributed by atoms with Gasteiger partial charge >= 0.3 is 0 Å². The molecule has 1 heterocycles. The second-order valence-corrected chi connectivity index (χ2v) is 7.30. The topological polar surface area (TPSA) is 46.2 Å². The van der Waals surface area contributed by atoms with Crippen LogP contribution in [0.1, 0.15) is 28.5 Å². The molecule has 2 unspecified atom stereocenters. The van der Waals surface area contributed by atoms with Crippen LogP contribution in [0, 0.1) is 5.41 Å². The molecule has 20 heavy (non-hydrogen) atoms. The highest BCUT2D eigenvalue weighted by Crippen LogP contribution is 2.46. The fraction of sp³-hybridized carbons (Fsp3) is 0.375. The van der Waals surface area contributed by atoms with Gasteiger partial charge in [0.15, 0.2) is 0 Å². The smallest absolute Gasteiger partial charge is 0.0953 e. The second kappa shape index (κ2) is 5.49. The third-order valence-corrected chi connectivity index (χ3v) is 5.69. The molecule has 2 nitrogen and oxygen atoms in total. The van der Waals surface area contributed by atoms with Gasteiger partial charge in [0.2, 0.25) is 0 Å². The number of nitrogens with two attached hydrogens (primary N) is 1. The molecule has 0 radical (unpaired) electrons. The molecule has 0 spiro atoms. The van der Waals surface area contributed by atoms with Crippen LogP contribution in [0.3, 0.4) is 0 Å². The summed E-state index contributed by atoms with van der Waals surface area (Å²) in [6.45, 7) is 0.484. The molecule has 1 aromatic carbocycles. The minimum atomic E-state index is -0.543. The Bertz CT molecular complexity index is 612. The van der Waals surface area contributed by atoms with Crippen LogP contribution in [0.4, 0.5) is 0 Å². The van der Waals surface area contributed by atoms with Gasteiger partial charge in [0.25, 0.3) is 0 Å². The van der Waals surface area contributed by atoms with Crippen molar-refractivity contribution in [2.24, 2.45) is 11.1 Å². The minimum absolute atomic E-state index is 0.275. The number of benzene rings is 1. The zero-order valence-electron chi connectivity index (χ0n) is 11.2. The van der Waals surface area contributed by atoms with E-state index in [1.165, 1.54) is 22.5 Å². The number of aryl methyl sites for hydroxylation is 1. The normalized spacial score (nSPS) is 23.4. The van der Waals surface area contributed by atoms with E-state index in [-0.39, 0.29) is 5.41 Å². The molecule has 0 saturated heterocycles. The molecule has 2 aromatic rings. The summed E-state index contributed by atoms with van der Waals surface area (Å²) in [5.41, 5.74) is 8.47. The third kappa shape index (κ3) is 2.40. The van der Waals surface area contributed by atoms with E-state index in [4.69, 9.17) is 17.3 Å². The van der Waals surface area contributed by atoms with E-state index in [1.807, 2.05) is 12.1 Å². The van der Waals surface area contributed by atoms with E-state index >= 15 is 0 Å². The van der Waals surface area contributed by atoms with Crippen molar-refractivity contribution in [3.63, 3.8) is 0 Å². The lowest BCUT2D eigenvalue weighted by Crippen LogP contribution is -2.41. The Morgan fingerprint density at radius 3 is 2.65 bits per heavy atom. The van der Waals surface area contributed by atoms with Crippen LogP contribution < -0.4 is 5.73 Å². The highest BCUT2D eigenvalue weighted by atomic mass is 35.5. The molecule has 0 fully saturated rings. The number of hydrogen-bond donors (Lipinski definition) is 2. The highest BCUT2D eigenvalue weighted by Gasteiger charge is 2.40. The Balaban J connectivity index is 1.93. The van der Waals surface area contributed by atoms with Gasteiger partial charge in [-0.3, -0.25) is 0 Å². The summed E-state index contributed by atoms with van der Waals surface area (Å²) in [6.07, 6.45) is 2.18. The van der Waals surface area contributed by atoms with E-state index in [1.54, 1.807) is 0 Å². The van der Waals surface area contributed by atoms with Crippen LogP contribution in [0.5, 0.6) is 0 Å². The highest BCUT2D eigenvalue weighted by molar-refractivity contribution is 7.16. The zero-order valence-corrected chi connectivity index (χ0v) is 12.8. The van der Waals surface area contributed by atoms with Crippen LogP contribution >= 0.6 is 22.9 Å². The zero-order chi connectivity index (χ0) is 14.2. The third-order valence-electron chi connectivity index (χ3n) is 4.40. The lowest BCUT2D eigenvalue weighted by molar-refractivity contribution is 0.0204. The Kier molecular flexibility index (Phi) is 3.87.